The Morgan fingerprint density at radius 2 is 2.33 bits per heavy atom. The van der Waals surface area contributed by atoms with Crippen LogP contribution in [0.2, 0.25) is 0 Å². The van der Waals surface area contributed by atoms with Crippen molar-refractivity contribution in [1.29, 1.82) is 0 Å². The summed E-state index contributed by atoms with van der Waals surface area (Å²) < 4.78 is 0. The predicted molar refractivity (Wildman–Crippen MR) is 63.8 cm³/mol. The first-order valence-corrected chi connectivity index (χ1v) is 5.96. The van der Waals surface area contributed by atoms with Crippen LogP contribution in [0.1, 0.15) is 38.1 Å². The zero-order valence-corrected chi connectivity index (χ0v) is 10.2. The minimum Gasteiger partial charge on any atom is -0.368 e. The summed E-state index contributed by atoms with van der Waals surface area (Å²) in [5, 5.41) is 5.32. The molecular weight excluding hydrogens is 208 g/mol. The van der Waals surface area contributed by atoms with Gasteiger partial charge in [-0.3, -0.25) is 10.1 Å². The Kier molecular flexibility index (Phi) is 3.88. The number of thiophene rings is 1. The number of rotatable bonds is 5. The third-order valence-corrected chi connectivity index (χ3v) is 3.43. The van der Waals surface area contributed by atoms with E-state index in [1.165, 1.54) is 4.88 Å². The monoisotopic (exact) mass is 226 g/mol. The van der Waals surface area contributed by atoms with Crippen LogP contribution in [-0.2, 0) is 4.79 Å². The van der Waals surface area contributed by atoms with E-state index in [-0.39, 0.29) is 11.9 Å². The predicted octanol–water partition coefficient (Wildman–Crippen LogP) is 2.05. The van der Waals surface area contributed by atoms with E-state index in [0.29, 0.717) is 0 Å². The van der Waals surface area contributed by atoms with Crippen LogP contribution < -0.4 is 11.1 Å². The molecule has 0 fully saturated rings. The second-order valence-corrected chi connectivity index (χ2v) is 5.09. The van der Waals surface area contributed by atoms with Gasteiger partial charge in [0.1, 0.15) is 0 Å². The molecule has 0 radical (unpaired) electrons. The first-order chi connectivity index (χ1) is 6.97. The molecule has 1 amide bonds. The van der Waals surface area contributed by atoms with Crippen molar-refractivity contribution >= 4 is 17.2 Å². The number of primary amides is 1. The lowest BCUT2D eigenvalue weighted by molar-refractivity contribution is -0.123. The van der Waals surface area contributed by atoms with Crippen molar-refractivity contribution in [3.8, 4) is 0 Å². The quantitative estimate of drug-likeness (QED) is 0.807. The average molecular weight is 226 g/mol. The Morgan fingerprint density at radius 1 is 1.67 bits per heavy atom. The van der Waals surface area contributed by atoms with Gasteiger partial charge in [-0.2, -0.15) is 0 Å². The van der Waals surface area contributed by atoms with E-state index < -0.39 is 5.54 Å². The van der Waals surface area contributed by atoms with E-state index in [4.69, 9.17) is 5.73 Å². The van der Waals surface area contributed by atoms with E-state index in [1.54, 1.807) is 11.3 Å². The average Bonchev–Trinajstić information content (AvgIpc) is 2.66. The zero-order valence-electron chi connectivity index (χ0n) is 9.41. The van der Waals surface area contributed by atoms with Gasteiger partial charge >= 0.3 is 0 Å². The van der Waals surface area contributed by atoms with Gasteiger partial charge in [0.2, 0.25) is 5.91 Å². The van der Waals surface area contributed by atoms with Crippen molar-refractivity contribution in [2.75, 3.05) is 0 Å². The minimum atomic E-state index is -0.662. The molecule has 0 saturated heterocycles. The number of carbonyl (C=O) groups excluding carboxylic acids is 1. The van der Waals surface area contributed by atoms with Crippen LogP contribution in [0.3, 0.4) is 0 Å². The zero-order chi connectivity index (χ0) is 11.5. The molecule has 1 unspecified atom stereocenters. The molecule has 0 aromatic carbocycles. The second-order valence-electron chi connectivity index (χ2n) is 4.11. The van der Waals surface area contributed by atoms with Crippen molar-refractivity contribution in [2.24, 2.45) is 5.73 Å². The van der Waals surface area contributed by atoms with Gasteiger partial charge in [-0.05, 0) is 31.7 Å². The fraction of sp³-hybridized carbons (Fsp3) is 0.545. The summed E-state index contributed by atoms with van der Waals surface area (Å²) in [6.45, 7) is 5.71. The number of amides is 1. The number of hydrogen-bond acceptors (Lipinski definition) is 3. The molecule has 0 aliphatic rings. The van der Waals surface area contributed by atoms with E-state index in [0.717, 1.165) is 6.42 Å². The van der Waals surface area contributed by atoms with Crippen LogP contribution in [-0.4, -0.2) is 11.4 Å². The molecule has 3 N–H and O–H groups in total. The molecule has 1 aromatic heterocycles. The Bertz CT molecular complexity index is 319. The van der Waals surface area contributed by atoms with E-state index in [9.17, 15) is 4.79 Å². The molecule has 0 aliphatic carbocycles. The van der Waals surface area contributed by atoms with Crippen molar-refractivity contribution < 1.29 is 4.79 Å². The Hall–Kier alpha value is -0.870. The molecule has 0 bridgehead atoms. The first-order valence-electron chi connectivity index (χ1n) is 5.08. The summed E-state index contributed by atoms with van der Waals surface area (Å²) in [4.78, 5) is 12.4. The molecule has 15 heavy (non-hydrogen) atoms. The van der Waals surface area contributed by atoms with Gasteiger partial charge in [0.15, 0.2) is 0 Å². The van der Waals surface area contributed by atoms with Crippen LogP contribution in [0.4, 0.5) is 0 Å². The third-order valence-electron chi connectivity index (χ3n) is 2.45. The van der Waals surface area contributed by atoms with Crippen LogP contribution in [0.25, 0.3) is 0 Å². The maximum Gasteiger partial charge on any atom is 0.237 e. The van der Waals surface area contributed by atoms with Gasteiger partial charge in [0, 0.05) is 10.9 Å². The molecule has 84 valence electrons. The van der Waals surface area contributed by atoms with E-state index in [2.05, 4.69) is 18.3 Å². The first kappa shape index (κ1) is 12.2. The van der Waals surface area contributed by atoms with Crippen molar-refractivity contribution in [3.63, 3.8) is 0 Å². The number of nitrogens with two attached hydrogens (primary N) is 1. The Labute approximate surface area is 94.7 Å². The lowest BCUT2D eigenvalue weighted by Gasteiger charge is -2.28. The normalized spacial score (nSPS) is 13.8. The SMILES string of the molecule is CCC(NC(C)(C)C(N)=O)c1cccs1. The van der Waals surface area contributed by atoms with Gasteiger partial charge in [0.05, 0.1) is 5.54 Å². The molecule has 1 heterocycles. The maximum atomic E-state index is 11.2. The summed E-state index contributed by atoms with van der Waals surface area (Å²) >= 11 is 1.69. The molecule has 0 spiro atoms. The fourth-order valence-corrected chi connectivity index (χ4v) is 2.23. The largest absolute Gasteiger partial charge is 0.368 e. The highest BCUT2D eigenvalue weighted by Crippen LogP contribution is 2.24. The van der Waals surface area contributed by atoms with Gasteiger partial charge in [-0.15, -0.1) is 11.3 Å². The second kappa shape index (κ2) is 4.77. The molecule has 1 aromatic rings. The van der Waals surface area contributed by atoms with Gasteiger partial charge < -0.3 is 5.73 Å². The van der Waals surface area contributed by atoms with E-state index in [1.807, 2.05) is 25.3 Å². The number of hydrogen-bond donors (Lipinski definition) is 2. The summed E-state index contributed by atoms with van der Waals surface area (Å²) in [7, 11) is 0. The highest BCUT2D eigenvalue weighted by molar-refractivity contribution is 7.10. The van der Waals surface area contributed by atoms with Crippen molar-refractivity contribution in [1.82, 2.24) is 5.32 Å². The van der Waals surface area contributed by atoms with Crippen LogP contribution in [0, 0.1) is 0 Å². The minimum absolute atomic E-state index is 0.201. The van der Waals surface area contributed by atoms with Crippen LogP contribution >= 0.6 is 11.3 Å². The maximum absolute atomic E-state index is 11.2. The lowest BCUT2D eigenvalue weighted by atomic mass is 10.0. The van der Waals surface area contributed by atoms with Crippen molar-refractivity contribution in [3.05, 3.63) is 22.4 Å². The van der Waals surface area contributed by atoms with Gasteiger partial charge in [-0.25, -0.2) is 0 Å². The molecule has 0 aliphatic heterocycles. The standard InChI is InChI=1S/C11H18N2OS/c1-4-8(9-6-5-7-15-9)13-11(2,3)10(12)14/h5-8,13H,4H2,1-3H3,(H2,12,14). The number of carbonyl (C=O) groups is 1. The molecule has 1 atom stereocenters. The third kappa shape index (κ3) is 3.04. The Morgan fingerprint density at radius 3 is 2.73 bits per heavy atom. The topological polar surface area (TPSA) is 55.1 Å². The summed E-state index contributed by atoms with van der Waals surface area (Å²) in [5.41, 5.74) is 4.67. The highest BCUT2D eigenvalue weighted by atomic mass is 32.1. The lowest BCUT2D eigenvalue weighted by Crippen LogP contribution is -2.51. The highest BCUT2D eigenvalue weighted by Gasteiger charge is 2.28. The van der Waals surface area contributed by atoms with Gasteiger partial charge in [0.25, 0.3) is 0 Å². The van der Waals surface area contributed by atoms with Crippen LogP contribution in [0.5, 0.6) is 0 Å². The Balaban J connectivity index is 2.74. The summed E-state index contributed by atoms with van der Waals surface area (Å²) in [5.74, 6) is -0.322. The molecule has 4 heteroatoms. The fourth-order valence-electron chi connectivity index (χ4n) is 1.37. The molecule has 3 nitrogen and oxygen atoms in total. The molecule has 1 rings (SSSR count). The molecular formula is C11H18N2OS. The molecule has 0 saturated carbocycles. The summed E-state index contributed by atoms with van der Waals surface area (Å²) in [6, 6.07) is 4.29. The van der Waals surface area contributed by atoms with Crippen molar-refractivity contribution in [2.45, 2.75) is 38.8 Å². The van der Waals surface area contributed by atoms with Crippen LogP contribution in [0.15, 0.2) is 17.5 Å². The smallest absolute Gasteiger partial charge is 0.237 e. The van der Waals surface area contributed by atoms with Gasteiger partial charge in [-0.1, -0.05) is 13.0 Å². The number of nitrogens with one attached hydrogen (secondary N) is 1. The summed E-state index contributed by atoms with van der Waals surface area (Å²) in [6.07, 6.45) is 0.942. The van der Waals surface area contributed by atoms with E-state index >= 15 is 0 Å².